The summed E-state index contributed by atoms with van der Waals surface area (Å²) in [7, 11) is 1.48. The molecule has 2 rings (SSSR count). The number of benzene rings is 1. The number of ether oxygens (including phenoxy) is 4. The van der Waals surface area contributed by atoms with Crippen LogP contribution in [0.15, 0.2) is 30.3 Å². The minimum absolute atomic E-state index is 0.237. The first-order chi connectivity index (χ1) is 12.8. The third-order valence-corrected chi connectivity index (χ3v) is 4.24. The summed E-state index contributed by atoms with van der Waals surface area (Å²) in [5.41, 5.74) is 0.915. The lowest BCUT2D eigenvalue weighted by Gasteiger charge is -2.43. The van der Waals surface area contributed by atoms with Crippen LogP contribution in [0.5, 0.6) is 0 Å². The molecule has 1 aliphatic heterocycles. The minimum atomic E-state index is -1.24. The van der Waals surface area contributed by atoms with E-state index < -0.39 is 42.5 Å². The molecule has 148 valence electrons. The number of likely N-dealkylation sites (N-methyl/N-ethyl adjacent to an activating group) is 1. The summed E-state index contributed by atoms with van der Waals surface area (Å²) in [6.45, 7) is 4.45. The predicted octanol–water partition coefficient (Wildman–Crippen LogP) is 1.17. The van der Waals surface area contributed by atoms with Gasteiger partial charge in [-0.15, -0.1) is 0 Å². The third-order valence-electron chi connectivity index (χ3n) is 4.24. The second-order valence-electron chi connectivity index (χ2n) is 6.34. The largest absolute Gasteiger partial charge is 0.453 e. The molecule has 1 fully saturated rings. The topological polar surface area (TPSA) is 100 Å². The van der Waals surface area contributed by atoms with E-state index in [1.165, 1.54) is 20.9 Å². The van der Waals surface area contributed by atoms with Crippen LogP contribution in [-0.4, -0.2) is 49.5 Å². The molecule has 27 heavy (non-hydrogen) atoms. The van der Waals surface area contributed by atoms with E-state index in [4.69, 9.17) is 18.9 Å². The SMILES string of the molecule is CNC(=O)C1OC(OC(C)=O)C(OC(C)=O)C(OCc2ccccc2)C1C. The highest BCUT2D eigenvalue weighted by molar-refractivity contribution is 5.81. The van der Waals surface area contributed by atoms with Crippen molar-refractivity contribution in [3.63, 3.8) is 0 Å². The van der Waals surface area contributed by atoms with E-state index in [2.05, 4.69) is 5.32 Å². The number of rotatable bonds is 6. The van der Waals surface area contributed by atoms with Crippen molar-refractivity contribution in [1.29, 1.82) is 0 Å². The zero-order valence-corrected chi connectivity index (χ0v) is 15.8. The van der Waals surface area contributed by atoms with Gasteiger partial charge in [0.15, 0.2) is 6.10 Å². The van der Waals surface area contributed by atoms with Crippen molar-refractivity contribution >= 4 is 17.8 Å². The Kier molecular flexibility index (Phi) is 7.32. The fourth-order valence-electron chi connectivity index (χ4n) is 3.00. The Labute approximate surface area is 158 Å². The molecule has 1 aromatic carbocycles. The average Bonchev–Trinajstić information content (AvgIpc) is 2.63. The minimum Gasteiger partial charge on any atom is -0.453 e. The molecule has 0 saturated carbocycles. The van der Waals surface area contributed by atoms with Crippen molar-refractivity contribution < 1.29 is 33.3 Å². The molecule has 1 aromatic rings. The molecule has 0 radical (unpaired) electrons. The van der Waals surface area contributed by atoms with Gasteiger partial charge < -0.3 is 24.3 Å². The van der Waals surface area contributed by atoms with E-state index in [-0.39, 0.29) is 12.5 Å². The number of hydrogen-bond acceptors (Lipinski definition) is 7. The lowest BCUT2D eigenvalue weighted by molar-refractivity contribution is -0.282. The quantitative estimate of drug-likeness (QED) is 0.741. The van der Waals surface area contributed by atoms with Crippen molar-refractivity contribution in [2.45, 2.75) is 52.0 Å². The monoisotopic (exact) mass is 379 g/mol. The molecule has 1 heterocycles. The van der Waals surface area contributed by atoms with Gasteiger partial charge >= 0.3 is 11.9 Å². The van der Waals surface area contributed by atoms with E-state index in [9.17, 15) is 14.4 Å². The zero-order valence-electron chi connectivity index (χ0n) is 15.8. The number of carbonyl (C=O) groups is 3. The molecule has 0 aromatic heterocycles. The maximum atomic E-state index is 12.2. The Morgan fingerprint density at radius 2 is 1.67 bits per heavy atom. The van der Waals surface area contributed by atoms with Crippen LogP contribution < -0.4 is 5.32 Å². The Bertz CT molecular complexity index is 663. The first-order valence-corrected chi connectivity index (χ1v) is 8.70. The second-order valence-corrected chi connectivity index (χ2v) is 6.34. The first kappa shape index (κ1) is 20.9. The van der Waals surface area contributed by atoms with Crippen LogP contribution >= 0.6 is 0 Å². The fraction of sp³-hybridized carbons (Fsp3) is 0.526. The maximum Gasteiger partial charge on any atom is 0.305 e. The normalized spacial score (nSPS) is 27.5. The molecule has 0 aliphatic carbocycles. The number of carbonyl (C=O) groups excluding carboxylic acids is 3. The van der Waals surface area contributed by atoms with Gasteiger partial charge in [-0.3, -0.25) is 14.4 Å². The summed E-state index contributed by atoms with van der Waals surface area (Å²) in [6.07, 6.45) is -3.88. The number of amides is 1. The molecule has 1 amide bonds. The number of nitrogens with one attached hydrogen (secondary N) is 1. The van der Waals surface area contributed by atoms with Crippen LogP contribution in [0.4, 0.5) is 0 Å². The third kappa shape index (κ3) is 5.51. The van der Waals surface area contributed by atoms with Gasteiger partial charge in [0.25, 0.3) is 0 Å². The Morgan fingerprint density at radius 1 is 1.04 bits per heavy atom. The highest BCUT2D eigenvalue weighted by atomic mass is 16.7. The van der Waals surface area contributed by atoms with Crippen LogP contribution in [-0.2, 0) is 39.9 Å². The predicted molar refractivity (Wildman–Crippen MR) is 94.2 cm³/mol. The Hall–Kier alpha value is -2.45. The first-order valence-electron chi connectivity index (χ1n) is 8.70. The van der Waals surface area contributed by atoms with Crippen LogP contribution in [0, 0.1) is 5.92 Å². The van der Waals surface area contributed by atoms with Gasteiger partial charge in [0.05, 0.1) is 6.61 Å². The molecule has 5 atom stereocenters. The molecule has 1 N–H and O–H groups in total. The molecular formula is C19H25NO7. The highest BCUT2D eigenvalue weighted by Gasteiger charge is 2.50. The molecule has 1 aliphatic rings. The summed E-state index contributed by atoms with van der Waals surface area (Å²) in [6, 6.07) is 9.44. The molecule has 5 unspecified atom stereocenters. The van der Waals surface area contributed by atoms with Crippen molar-refractivity contribution in [3.8, 4) is 0 Å². The lowest BCUT2D eigenvalue weighted by Crippen LogP contribution is -2.60. The van der Waals surface area contributed by atoms with E-state index >= 15 is 0 Å². The van der Waals surface area contributed by atoms with Crippen LogP contribution in [0.25, 0.3) is 0 Å². The number of hydrogen-bond donors (Lipinski definition) is 1. The van der Waals surface area contributed by atoms with Crippen molar-refractivity contribution in [2.24, 2.45) is 5.92 Å². The second kappa shape index (κ2) is 9.48. The smallest absolute Gasteiger partial charge is 0.305 e. The van der Waals surface area contributed by atoms with Gasteiger partial charge in [-0.25, -0.2) is 0 Å². The highest BCUT2D eigenvalue weighted by Crippen LogP contribution is 2.32. The average molecular weight is 379 g/mol. The van der Waals surface area contributed by atoms with Crippen molar-refractivity contribution in [3.05, 3.63) is 35.9 Å². The van der Waals surface area contributed by atoms with Gasteiger partial charge in [0, 0.05) is 26.8 Å². The molecule has 0 bridgehead atoms. The van der Waals surface area contributed by atoms with Gasteiger partial charge in [-0.1, -0.05) is 37.3 Å². The van der Waals surface area contributed by atoms with E-state index in [0.717, 1.165) is 5.56 Å². The Morgan fingerprint density at radius 3 is 2.22 bits per heavy atom. The van der Waals surface area contributed by atoms with Crippen molar-refractivity contribution in [1.82, 2.24) is 5.32 Å². The van der Waals surface area contributed by atoms with E-state index in [0.29, 0.717) is 0 Å². The molecule has 8 nitrogen and oxygen atoms in total. The summed E-state index contributed by atoms with van der Waals surface area (Å²) in [4.78, 5) is 35.3. The van der Waals surface area contributed by atoms with Crippen LogP contribution in [0.3, 0.4) is 0 Å². The summed E-state index contributed by atoms with van der Waals surface area (Å²) in [5.74, 6) is -2.03. The Balaban J connectivity index is 2.28. The standard InChI is InChI=1S/C19H25NO7/c1-11-15(24-10-14-8-6-5-7-9-14)17(25-12(2)21)19(26-13(3)22)27-16(11)18(23)20-4/h5-9,11,15-17,19H,10H2,1-4H3,(H,20,23). The molecule has 8 heteroatoms. The lowest BCUT2D eigenvalue weighted by atomic mass is 9.89. The summed E-state index contributed by atoms with van der Waals surface area (Å²) >= 11 is 0. The summed E-state index contributed by atoms with van der Waals surface area (Å²) in [5, 5.41) is 2.52. The van der Waals surface area contributed by atoms with Crippen LogP contribution in [0.2, 0.25) is 0 Å². The fourth-order valence-corrected chi connectivity index (χ4v) is 3.00. The number of esters is 2. The van der Waals surface area contributed by atoms with Gasteiger partial charge in [-0.05, 0) is 5.56 Å². The van der Waals surface area contributed by atoms with Gasteiger partial charge in [-0.2, -0.15) is 0 Å². The molecule has 1 saturated heterocycles. The summed E-state index contributed by atoms with van der Waals surface area (Å²) < 4.78 is 22.2. The van der Waals surface area contributed by atoms with Crippen LogP contribution in [0.1, 0.15) is 26.3 Å². The van der Waals surface area contributed by atoms with Crippen molar-refractivity contribution in [2.75, 3.05) is 7.05 Å². The van der Waals surface area contributed by atoms with E-state index in [1.54, 1.807) is 6.92 Å². The molecular weight excluding hydrogens is 354 g/mol. The zero-order chi connectivity index (χ0) is 20.0. The molecule has 0 spiro atoms. The van der Waals surface area contributed by atoms with E-state index in [1.807, 2.05) is 30.3 Å². The van der Waals surface area contributed by atoms with Gasteiger partial charge in [0.1, 0.15) is 12.2 Å². The van der Waals surface area contributed by atoms with Gasteiger partial charge in [0.2, 0.25) is 12.2 Å². The maximum absolute atomic E-state index is 12.2.